The van der Waals surface area contributed by atoms with Crippen LogP contribution in [0.3, 0.4) is 0 Å². The molecule has 0 bridgehead atoms. The lowest BCUT2D eigenvalue weighted by atomic mass is 10.0. The quantitative estimate of drug-likeness (QED) is 0.739. The van der Waals surface area contributed by atoms with Crippen molar-refractivity contribution < 1.29 is 18.0 Å². The van der Waals surface area contributed by atoms with Gasteiger partial charge in [0.1, 0.15) is 0 Å². The first-order valence-corrected chi connectivity index (χ1v) is 7.98. The smallest absolute Gasteiger partial charge is 0.305 e. The van der Waals surface area contributed by atoms with Gasteiger partial charge in [0.15, 0.2) is 5.82 Å². The van der Waals surface area contributed by atoms with Crippen molar-refractivity contribution >= 4 is 11.7 Å². The Bertz CT molecular complexity index is 985. The van der Waals surface area contributed by atoms with Gasteiger partial charge in [-0.1, -0.05) is 6.07 Å². The molecular weight excluding hydrogens is 357 g/mol. The number of hydrogen-bond acceptors (Lipinski definition) is 4. The second kappa shape index (κ2) is 7.14. The summed E-state index contributed by atoms with van der Waals surface area (Å²) in [6.45, 7) is 3.45. The molecule has 1 amide bonds. The average molecular weight is 372 g/mol. The lowest BCUT2D eigenvalue weighted by Crippen LogP contribution is -2.14. The Morgan fingerprint density at radius 3 is 2.41 bits per heavy atom. The van der Waals surface area contributed by atoms with Gasteiger partial charge in [0, 0.05) is 23.5 Å². The van der Waals surface area contributed by atoms with Crippen LogP contribution in [0.25, 0.3) is 11.3 Å². The average Bonchev–Trinajstić information content (AvgIpc) is 2.62. The lowest BCUT2D eigenvalue weighted by Gasteiger charge is -2.11. The van der Waals surface area contributed by atoms with E-state index in [1.54, 1.807) is 26.1 Å². The van der Waals surface area contributed by atoms with Gasteiger partial charge in [-0.3, -0.25) is 14.8 Å². The summed E-state index contributed by atoms with van der Waals surface area (Å²) in [5.74, 6) is -0.170. The van der Waals surface area contributed by atoms with Gasteiger partial charge in [-0.15, -0.1) is 0 Å². The van der Waals surface area contributed by atoms with Crippen LogP contribution >= 0.6 is 0 Å². The number of nitrogens with zero attached hydrogens (tertiary/aromatic N) is 3. The zero-order valence-electron chi connectivity index (χ0n) is 14.5. The highest BCUT2D eigenvalue weighted by Crippen LogP contribution is 2.33. The predicted molar refractivity (Wildman–Crippen MR) is 94.1 cm³/mol. The number of halogens is 3. The molecule has 0 atom stereocenters. The molecule has 2 heterocycles. The summed E-state index contributed by atoms with van der Waals surface area (Å²) in [5.41, 5.74) is 1.66. The number of benzene rings is 1. The molecule has 0 radical (unpaired) electrons. The van der Waals surface area contributed by atoms with Crippen LogP contribution in [0, 0.1) is 13.8 Å². The molecule has 27 heavy (non-hydrogen) atoms. The topological polar surface area (TPSA) is 67.8 Å². The molecule has 0 aliphatic carbocycles. The van der Waals surface area contributed by atoms with Crippen LogP contribution in [-0.2, 0) is 6.18 Å². The van der Waals surface area contributed by atoms with E-state index in [1.807, 2.05) is 0 Å². The molecule has 138 valence electrons. The Morgan fingerprint density at radius 1 is 1.00 bits per heavy atom. The molecule has 0 aliphatic heterocycles. The minimum absolute atomic E-state index is 0.199. The Hall–Kier alpha value is -3.29. The van der Waals surface area contributed by atoms with Crippen molar-refractivity contribution in [1.29, 1.82) is 0 Å². The fraction of sp³-hybridized carbons (Fsp3) is 0.158. The summed E-state index contributed by atoms with van der Waals surface area (Å²) in [6, 6.07) is 5.04. The Labute approximate surface area is 153 Å². The number of hydrogen-bond donors (Lipinski definition) is 1. The van der Waals surface area contributed by atoms with Gasteiger partial charge in [0.2, 0.25) is 0 Å². The number of alkyl halides is 3. The number of carbonyl (C=O) groups excluding carboxylic acids is 1. The van der Waals surface area contributed by atoms with Crippen LogP contribution in [0.1, 0.15) is 27.0 Å². The van der Waals surface area contributed by atoms with Gasteiger partial charge in [0.25, 0.3) is 5.91 Å². The second-order valence-electron chi connectivity index (χ2n) is 5.96. The minimum Gasteiger partial charge on any atom is -0.305 e. The summed E-state index contributed by atoms with van der Waals surface area (Å²) in [7, 11) is 0. The van der Waals surface area contributed by atoms with Gasteiger partial charge in [-0.25, -0.2) is 4.98 Å². The van der Waals surface area contributed by atoms with E-state index in [0.717, 1.165) is 12.1 Å². The summed E-state index contributed by atoms with van der Waals surface area (Å²) >= 11 is 0. The van der Waals surface area contributed by atoms with Crippen molar-refractivity contribution in [3.8, 4) is 11.3 Å². The summed E-state index contributed by atoms with van der Waals surface area (Å²) in [5, 5.41) is 2.61. The molecule has 8 heteroatoms. The molecule has 0 saturated heterocycles. The van der Waals surface area contributed by atoms with E-state index in [1.165, 1.54) is 24.7 Å². The highest BCUT2D eigenvalue weighted by atomic mass is 19.4. The lowest BCUT2D eigenvalue weighted by molar-refractivity contribution is -0.137. The summed E-state index contributed by atoms with van der Waals surface area (Å²) in [6.07, 6.45) is 1.28. The van der Waals surface area contributed by atoms with Gasteiger partial charge in [0.05, 0.1) is 23.7 Å². The number of carbonyl (C=O) groups is 1. The first-order chi connectivity index (χ1) is 12.8. The Morgan fingerprint density at radius 2 is 1.78 bits per heavy atom. The third kappa shape index (κ3) is 4.11. The fourth-order valence-electron chi connectivity index (χ4n) is 2.52. The number of aromatic nitrogens is 3. The normalized spacial score (nSPS) is 11.3. The van der Waals surface area contributed by atoms with E-state index < -0.39 is 11.7 Å². The highest BCUT2D eigenvalue weighted by Gasteiger charge is 2.31. The van der Waals surface area contributed by atoms with E-state index in [2.05, 4.69) is 20.3 Å². The SMILES string of the molecule is Cc1cnccc1C(=O)Nc1cnc(-c2cc(C(F)(F)F)ccc2C)cn1. The van der Waals surface area contributed by atoms with Crippen LogP contribution in [0.15, 0.2) is 49.1 Å². The predicted octanol–water partition coefficient (Wildman–Crippen LogP) is 4.43. The van der Waals surface area contributed by atoms with Crippen LogP contribution in [0.4, 0.5) is 19.0 Å². The van der Waals surface area contributed by atoms with Gasteiger partial charge < -0.3 is 5.32 Å². The molecule has 2 aromatic heterocycles. The number of rotatable bonds is 3. The molecule has 0 fully saturated rings. The van der Waals surface area contributed by atoms with Crippen LogP contribution in [-0.4, -0.2) is 20.9 Å². The zero-order chi connectivity index (χ0) is 19.6. The van der Waals surface area contributed by atoms with Crippen molar-refractivity contribution in [3.05, 3.63) is 71.3 Å². The highest BCUT2D eigenvalue weighted by molar-refractivity contribution is 6.04. The second-order valence-corrected chi connectivity index (χ2v) is 5.96. The van der Waals surface area contributed by atoms with Gasteiger partial charge in [-0.2, -0.15) is 13.2 Å². The number of anilines is 1. The molecule has 0 spiro atoms. The number of aryl methyl sites for hydroxylation is 2. The third-order valence-corrected chi connectivity index (χ3v) is 4.00. The van der Waals surface area contributed by atoms with Crippen molar-refractivity contribution in [1.82, 2.24) is 15.0 Å². The van der Waals surface area contributed by atoms with E-state index in [-0.39, 0.29) is 17.4 Å². The van der Waals surface area contributed by atoms with E-state index in [0.29, 0.717) is 22.3 Å². The van der Waals surface area contributed by atoms with Crippen molar-refractivity contribution in [3.63, 3.8) is 0 Å². The molecule has 0 aliphatic rings. The molecule has 1 aromatic carbocycles. The van der Waals surface area contributed by atoms with E-state index in [9.17, 15) is 18.0 Å². The van der Waals surface area contributed by atoms with Gasteiger partial charge >= 0.3 is 6.18 Å². The molecule has 0 unspecified atom stereocenters. The maximum Gasteiger partial charge on any atom is 0.416 e. The largest absolute Gasteiger partial charge is 0.416 e. The summed E-state index contributed by atoms with van der Waals surface area (Å²) in [4.78, 5) is 24.4. The summed E-state index contributed by atoms with van der Waals surface area (Å²) < 4.78 is 38.8. The number of amides is 1. The Balaban J connectivity index is 1.84. The van der Waals surface area contributed by atoms with E-state index in [4.69, 9.17) is 0 Å². The van der Waals surface area contributed by atoms with Gasteiger partial charge in [-0.05, 0) is 43.2 Å². The maximum atomic E-state index is 12.9. The van der Waals surface area contributed by atoms with Crippen LogP contribution in [0.2, 0.25) is 0 Å². The first-order valence-electron chi connectivity index (χ1n) is 7.98. The molecule has 3 aromatic rings. The van der Waals surface area contributed by atoms with Crippen molar-refractivity contribution in [2.24, 2.45) is 0 Å². The monoisotopic (exact) mass is 372 g/mol. The molecular formula is C19H15F3N4O. The maximum absolute atomic E-state index is 12.9. The molecule has 0 saturated carbocycles. The first kappa shape index (κ1) is 18.5. The van der Waals surface area contributed by atoms with Crippen LogP contribution < -0.4 is 5.32 Å². The fourth-order valence-corrected chi connectivity index (χ4v) is 2.52. The van der Waals surface area contributed by atoms with Crippen molar-refractivity contribution in [2.75, 3.05) is 5.32 Å². The Kier molecular flexibility index (Phi) is 4.89. The zero-order valence-corrected chi connectivity index (χ0v) is 14.5. The molecule has 1 N–H and O–H groups in total. The van der Waals surface area contributed by atoms with Crippen LogP contribution in [0.5, 0.6) is 0 Å². The number of pyridine rings is 1. The molecule has 3 rings (SSSR count). The van der Waals surface area contributed by atoms with Crippen molar-refractivity contribution in [2.45, 2.75) is 20.0 Å². The standard InChI is InChI=1S/C19H15F3N4O/c1-11-3-4-13(19(20,21)22)7-15(11)16-9-25-17(10-24-16)26-18(27)14-5-6-23-8-12(14)2/h3-10H,1-2H3,(H,25,26,27). The third-order valence-electron chi connectivity index (χ3n) is 4.00. The number of nitrogens with one attached hydrogen (secondary N) is 1. The minimum atomic E-state index is -4.44. The van der Waals surface area contributed by atoms with E-state index >= 15 is 0 Å². The molecule has 5 nitrogen and oxygen atoms in total.